The van der Waals surface area contributed by atoms with E-state index in [1.54, 1.807) is 16.8 Å². The lowest BCUT2D eigenvalue weighted by Crippen LogP contribution is -2.26. The Morgan fingerprint density at radius 1 is 1.47 bits per heavy atom. The van der Waals surface area contributed by atoms with Crippen LogP contribution in [0.1, 0.15) is 23.0 Å². The summed E-state index contributed by atoms with van der Waals surface area (Å²) in [6, 6.07) is 7.34. The molecule has 1 aliphatic heterocycles. The Morgan fingerprint density at radius 3 is 3.00 bits per heavy atom. The van der Waals surface area contributed by atoms with Crippen LogP contribution in [0.5, 0.6) is 5.88 Å². The van der Waals surface area contributed by atoms with Crippen molar-refractivity contribution in [2.24, 2.45) is 5.92 Å². The van der Waals surface area contributed by atoms with Crippen LogP contribution in [0.2, 0.25) is 0 Å². The van der Waals surface area contributed by atoms with Gasteiger partial charge in [-0.25, -0.2) is 4.68 Å². The molecule has 0 saturated carbocycles. The Hall–Kier alpha value is -2.30. The number of hydrogen-bond acceptors (Lipinski definition) is 4. The van der Waals surface area contributed by atoms with Crippen LogP contribution in [0.25, 0.3) is 5.69 Å². The third-order valence-electron chi connectivity index (χ3n) is 3.30. The van der Waals surface area contributed by atoms with Crippen molar-refractivity contribution >= 4 is 11.5 Å². The Labute approximate surface area is 111 Å². The molecule has 5 nitrogen and oxygen atoms in total. The highest BCUT2D eigenvalue weighted by Gasteiger charge is 2.32. The minimum atomic E-state index is -0.121. The van der Waals surface area contributed by atoms with Crippen LogP contribution in [0.15, 0.2) is 24.3 Å². The van der Waals surface area contributed by atoms with E-state index in [2.05, 4.69) is 5.10 Å². The number of fused-ring (bicyclic) bond motifs is 1. The quantitative estimate of drug-likeness (QED) is 0.793. The normalized spacial score (nSPS) is 18.0. The molecule has 0 bridgehead atoms. The lowest BCUT2D eigenvalue weighted by Gasteiger charge is -2.19. The zero-order valence-corrected chi connectivity index (χ0v) is 10.9. The van der Waals surface area contributed by atoms with Crippen molar-refractivity contribution in [3.8, 4) is 11.6 Å². The number of benzene rings is 1. The van der Waals surface area contributed by atoms with Crippen molar-refractivity contribution in [2.45, 2.75) is 13.8 Å². The number of aromatic nitrogens is 2. The first kappa shape index (κ1) is 11.8. The van der Waals surface area contributed by atoms with Gasteiger partial charge in [0.05, 0.1) is 23.9 Å². The summed E-state index contributed by atoms with van der Waals surface area (Å²) in [7, 11) is 0. The maximum absolute atomic E-state index is 12.2. The number of ketones is 1. The molecular weight excluding hydrogens is 242 g/mol. The van der Waals surface area contributed by atoms with E-state index in [0.29, 0.717) is 29.4 Å². The summed E-state index contributed by atoms with van der Waals surface area (Å²) in [6.07, 6.45) is 0. The first-order chi connectivity index (χ1) is 9.08. The third kappa shape index (κ3) is 1.78. The van der Waals surface area contributed by atoms with Crippen LogP contribution < -0.4 is 10.5 Å². The van der Waals surface area contributed by atoms with Crippen molar-refractivity contribution in [1.82, 2.24) is 9.78 Å². The van der Waals surface area contributed by atoms with E-state index in [9.17, 15) is 4.79 Å². The average Bonchev–Trinajstić information content (AvgIpc) is 2.72. The van der Waals surface area contributed by atoms with Crippen LogP contribution in [0, 0.1) is 12.8 Å². The number of anilines is 1. The highest BCUT2D eigenvalue weighted by atomic mass is 16.5. The van der Waals surface area contributed by atoms with Crippen LogP contribution in [0.3, 0.4) is 0 Å². The average molecular weight is 257 g/mol. The van der Waals surface area contributed by atoms with Crippen molar-refractivity contribution in [1.29, 1.82) is 0 Å². The third-order valence-corrected chi connectivity index (χ3v) is 3.30. The Morgan fingerprint density at radius 2 is 2.26 bits per heavy atom. The molecule has 2 N–H and O–H groups in total. The predicted molar refractivity (Wildman–Crippen MR) is 71.7 cm³/mol. The maximum atomic E-state index is 12.2. The van der Waals surface area contributed by atoms with Gasteiger partial charge in [0, 0.05) is 5.69 Å². The molecule has 0 aliphatic carbocycles. The van der Waals surface area contributed by atoms with Gasteiger partial charge in [0.1, 0.15) is 5.56 Å². The minimum Gasteiger partial charge on any atom is -0.476 e. The monoisotopic (exact) mass is 257 g/mol. The summed E-state index contributed by atoms with van der Waals surface area (Å²) in [4.78, 5) is 12.2. The highest BCUT2D eigenvalue weighted by Crippen LogP contribution is 2.32. The summed E-state index contributed by atoms with van der Waals surface area (Å²) in [5.74, 6) is 0.491. The molecule has 3 rings (SSSR count). The zero-order valence-electron chi connectivity index (χ0n) is 10.9. The summed E-state index contributed by atoms with van der Waals surface area (Å²) in [6.45, 7) is 4.07. The number of nitrogens with two attached hydrogens (primary N) is 1. The molecule has 1 aliphatic rings. The zero-order chi connectivity index (χ0) is 13.6. The fourth-order valence-electron chi connectivity index (χ4n) is 2.28. The van der Waals surface area contributed by atoms with Gasteiger partial charge in [0.2, 0.25) is 5.88 Å². The van der Waals surface area contributed by atoms with Gasteiger partial charge in [-0.1, -0.05) is 13.0 Å². The van der Waals surface area contributed by atoms with Gasteiger partial charge in [0.15, 0.2) is 5.78 Å². The second-order valence-corrected chi connectivity index (χ2v) is 4.85. The Kier molecular flexibility index (Phi) is 2.55. The van der Waals surface area contributed by atoms with Gasteiger partial charge in [0.25, 0.3) is 0 Å². The van der Waals surface area contributed by atoms with E-state index in [-0.39, 0.29) is 11.7 Å². The number of hydrogen-bond donors (Lipinski definition) is 1. The van der Waals surface area contributed by atoms with Crippen LogP contribution >= 0.6 is 0 Å². The van der Waals surface area contributed by atoms with Crippen LogP contribution in [-0.4, -0.2) is 22.2 Å². The molecule has 0 fully saturated rings. The minimum absolute atomic E-state index is 0.0916. The summed E-state index contributed by atoms with van der Waals surface area (Å²) < 4.78 is 7.33. The van der Waals surface area contributed by atoms with Crippen LogP contribution in [-0.2, 0) is 0 Å². The van der Waals surface area contributed by atoms with E-state index in [1.165, 1.54) is 0 Å². The number of carbonyl (C=O) groups excluding carboxylic acids is 1. The van der Waals surface area contributed by atoms with Gasteiger partial charge in [-0.3, -0.25) is 4.79 Å². The van der Waals surface area contributed by atoms with Gasteiger partial charge in [-0.15, -0.1) is 0 Å². The summed E-state index contributed by atoms with van der Waals surface area (Å²) >= 11 is 0. The maximum Gasteiger partial charge on any atom is 0.228 e. The largest absolute Gasteiger partial charge is 0.476 e. The van der Waals surface area contributed by atoms with Gasteiger partial charge in [-0.2, -0.15) is 5.10 Å². The molecule has 1 aromatic heterocycles. The molecule has 2 aromatic rings. The predicted octanol–water partition coefficient (Wildman–Crippen LogP) is 1.97. The number of Topliss-reactive ketones (excluding diaryl/α,β-unsaturated/α-hetero) is 1. The number of aryl methyl sites for hydroxylation is 1. The molecule has 5 heteroatoms. The summed E-state index contributed by atoms with van der Waals surface area (Å²) in [5, 5.41) is 4.40. The van der Waals surface area contributed by atoms with Crippen molar-refractivity contribution in [2.75, 3.05) is 12.3 Å². The lowest BCUT2D eigenvalue weighted by molar-refractivity contribution is 0.0842. The molecule has 19 heavy (non-hydrogen) atoms. The van der Waals surface area contributed by atoms with Crippen molar-refractivity contribution in [3.63, 3.8) is 0 Å². The van der Waals surface area contributed by atoms with Gasteiger partial charge < -0.3 is 10.5 Å². The number of carbonyl (C=O) groups is 1. The fourth-order valence-corrected chi connectivity index (χ4v) is 2.28. The molecule has 98 valence electrons. The van der Waals surface area contributed by atoms with E-state index in [4.69, 9.17) is 10.5 Å². The topological polar surface area (TPSA) is 70.1 Å². The van der Waals surface area contributed by atoms with Crippen molar-refractivity contribution in [3.05, 3.63) is 35.5 Å². The standard InChI is InChI=1S/C14H15N3O2/c1-8-7-19-14-12(13(8)18)9(2)16-17(14)11-5-3-4-10(15)6-11/h3-6,8H,7,15H2,1-2H3. The molecule has 1 unspecified atom stereocenters. The second-order valence-electron chi connectivity index (χ2n) is 4.85. The fraction of sp³-hybridized carbons (Fsp3) is 0.286. The molecule has 2 heterocycles. The molecule has 0 saturated heterocycles. The first-order valence-corrected chi connectivity index (χ1v) is 6.20. The number of rotatable bonds is 1. The molecular formula is C14H15N3O2. The molecule has 0 spiro atoms. The van der Waals surface area contributed by atoms with E-state index >= 15 is 0 Å². The van der Waals surface area contributed by atoms with Gasteiger partial charge >= 0.3 is 0 Å². The number of nitrogen functional groups attached to an aromatic ring is 1. The molecule has 0 radical (unpaired) electrons. The van der Waals surface area contributed by atoms with Crippen molar-refractivity contribution < 1.29 is 9.53 Å². The second kappa shape index (κ2) is 4.12. The number of nitrogens with zero attached hydrogens (tertiary/aromatic N) is 2. The van der Waals surface area contributed by atoms with Gasteiger partial charge in [-0.05, 0) is 25.1 Å². The highest BCUT2D eigenvalue weighted by molar-refractivity contribution is 6.01. The van der Waals surface area contributed by atoms with E-state index < -0.39 is 0 Å². The van der Waals surface area contributed by atoms with E-state index in [1.807, 2.05) is 26.0 Å². The SMILES string of the molecule is Cc1nn(-c2cccc(N)c2)c2c1C(=O)C(C)CO2. The molecule has 1 atom stereocenters. The summed E-state index contributed by atoms with van der Waals surface area (Å²) in [5.41, 5.74) is 8.50. The Balaban J connectivity index is 2.18. The number of ether oxygens (including phenoxy) is 1. The van der Waals surface area contributed by atoms with Crippen LogP contribution in [0.4, 0.5) is 5.69 Å². The van der Waals surface area contributed by atoms with E-state index in [0.717, 1.165) is 5.69 Å². The Bertz CT molecular complexity index is 661. The lowest BCUT2D eigenvalue weighted by atomic mass is 9.98. The first-order valence-electron chi connectivity index (χ1n) is 6.20. The molecule has 1 aromatic carbocycles. The smallest absolute Gasteiger partial charge is 0.228 e. The molecule has 0 amide bonds.